The minimum absolute atomic E-state index is 0.168. The molecule has 0 saturated heterocycles. The smallest absolute Gasteiger partial charge is 0.305 e. The summed E-state index contributed by atoms with van der Waals surface area (Å²) in [4.78, 5) is 31.5. The Hall–Kier alpha value is -3.56. The van der Waals surface area contributed by atoms with Crippen LogP contribution in [0.4, 0.5) is 4.39 Å². The third-order valence-electron chi connectivity index (χ3n) is 7.42. The standard InChI is InChI=1S/C30H36FN3O5/c1-19(20-7-5-4-6-8-20)33(2)30(38)27-28(21-9-10-21)34(29(32-27)22-11-13-23(31)14-12-22)16-15-24(35)17-25(39-3)18-26(36)37/h4-8,11-14,19,21,24-25,35H,9-10,15-18H2,1-3H3,(H,36,37)/t19-,24-,25-/m1/s1. The first kappa shape index (κ1) is 28.4. The van der Waals surface area contributed by atoms with E-state index < -0.39 is 18.2 Å². The number of hydrogen-bond acceptors (Lipinski definition) is 5. The lowest BCUT2D eigenvalue weighted by Crippen LogP contribution is -2.30. The molecule has 1 heterocycles. The summed E-state index contributed by atoms with van der Waals surface area (Å²) >= 11 is 0. The van der Waals surface area contributed by atoms with Gasteiger partial charge in [-0.3, -0.25) is 9.59 Å². The highest BCUT2D eigenvalue weighted by molar-refractivity contribution is 5.94. The van der Waals surface area contributed by atoms with Gasteiger partial charge < -0.3 is 24.4 Å². The number of methoxy groups -OCH3 is 1. The fourth-order valence-corrected chi connectivity index (χ4v) is 4.89. The number of hydrogen-bond donors (Lipinski definition) is 2. The minimum atomic E-state index is -0.990. The van der Waals surface area contributed by atoms with Crippen LogP contribution in [-0.2, 0) is 16.1 Å². The van der Waals surface area contributed by atoms with Gasteiger partial charge in [0.05, 0.1) is 30.4 Å². The lowest BCUT2D eigenvalue weighted by molar-refractivity contribution is -0.140. The van der Waals surface area contributed by atoms with Gasteiger partial charge in [0.1, 0.15) is 11.6 Å². The van der Waals surface area contributed by atoms with E-state index in [1.807, 2.05) is 41.8 Å². The van der Waals surface area contributed by atoms with Crippen LogP contribution in [0, 0.1) is 5.82 Å². The van der Waals surface area contributed by atoms with Crippen LogP contribution in [-0.4, -0.2) is 62.9 Å². The van der Waals surface area contributed by atoms with E-state index in [2.05, 4.69) is 0 Å². The summed E-state index contributed by atoms with van der Waals surface area (Å²) in [5.41, 5.74) is 2.88. The predicted molar refractivity (Wildman–Crippen MR) is 145 cm³/mol. The summed E-state index contributed by atoms with van der Waals surface area (Å²) in [5.74, 6) is -0.845. The number of carboxylic acid groups (broad SMARTS) is 1. The third-order valence-corrected chi connectivity index (χ3v) is 7.42. The molecule has 0 spiro atoms. The van der Waals surface area contributed by atoms with E-state index >= 15 is 0 Å². The number of carbonyl (C=O) groups excluding carboxylic acids is 1. The van der Waals surface area contributed by atoms with E-state index in [-0.39, 0.29) is 36.5 Å². The Morgan fingerprint density at radius 1 is 1.15 bits per heavy atom. The van der Waals surface area contributed by atoms with Crippen LogP contribution in [0.3, 0.4) is 0 Å². The molecule has 4 rings (SSSR count). The van der Waals surface area contributed by atoms with Gasteiger partial charge in [-0.05, 0) is 56.0 Å². The van der Waals surface area contributed by atoms with E-state index in [1.165, 1.54) is 19.2 Å². The summed E-state index contributed by atoms with van der Waals surface area (Å²) in [6, 6.07) is 15.6. The molecule has 9 heteroatoms. The molecule has 1 fully saturated rings. The molecule has 2 N–H and O–H groups in total. The van der Waals surface area contributed by atoms with Gasteiger partial charge in [0.2, 0.25) is 0 Å². The summed E-state index contributed by atoms with van der Waals surface area (Å²) in [6.07, 6.45) is 0.727. The van der Waals surface area contributed by atoms with E-state index in [0.717, 1.165) is 24.1 Å². The summed E-state index contributed by atoms with van der Waals surface area (Å²) in [6.45, 7) is 2.34. The Morgan fingerprint density at radius 3 is 2.41 bits per heavy atom. The first-order chi connectivity index (χ1) is 18.7. The number of aliphatic hydroxyl groups excluding tert-OH is 1. The largest absolute Gasteiger partial charge is 0.481 e. The number of carbonyl (C=O) groups is 2. The van der Waals surface area contributed by atoms with Crippen LogP contribution in [0.1, 0.15) is 72.7 Å². The highest BCUT2D eigenvalue weighted by atomic mass is 19.1. The quantitative estimate of drug-likeness (QED) is 0.317. The topological polar surface area (TPSA) is 105 Å². The average Bonchev–Trinajstić information content (AvgIpc) is 3.70. The van der Waals surface area contributed by atoms with E-state index in [1.54, 1.807) is 24.1 Å². The second-order valence-corrected chi connectivity index (χ2v) is 10.2. The van der Waals surface area contributed by atoms with Crippen LogP contribution in [0.15, 0.2) is 54.6 Å². The summed E-state index contributed by atoms with van der Waals surface area (Å²) in [7, 11) is 3.20. The van der Waals surface area contributed by atoms with Crippen molar-refractivity contribution in [1.29, 1.82) is 0 Å². The number of aliphatic hydroxyl groups is 1. The van der Waals surface area contributed by atoms with Crippen molar-refractivity contribution in [1.82, 2.24) is 14.5 Å². The van der Waals surface area contributed by atoms with Crippen LogP contribution in [0.2, 0.25) is 0 Å². The number of ether oxygens (including phenoxy) is 1. The highest BCUT2D eigenvalue weighted by Gasteiger charge is 2.36. The number of aromatic nitrogens is 2. The summed E-state index contributed by atoms with van der Waals surface area (Å²) < 4.78 is 20.9. The SMILES string of the molecule is CO[C@@H](CC(=O)O)C[C@H](O)CCn1c(-c2ccc(F)cc2)nc(C(=O)N(C)[C@H](C)c2ccccc2)c1C1CC1. The van der Waals surface area contributed by atoms with Crippen molar-refractivity contribution in [2.45, 2.75) is 69.7 Å². The Bertz CT molecular complexity index is 1270. The third kappa shape index (κ3) is 6.91. The molecule has 1 amide bonds. The lowest BCUT2D eigenvalue weighted by atomic mass is 10.1. The van der Waals surface area contributed by atoms with Crippen molar-refractivity contribution in [3.63, 3.8) is 0 Å². The normalized spacial score (nSPS) is 15.5. The van der Waals surface area contributed by atoms with Gasteiger partial charge in [-0.25, -0.2) is 9.37 Å². The van der Waals surface area contributed by atoms with Gasteiger partial charge in [0, 0.05) is 38.6 Å². The van der Waals surface area contributed by atoms with Gasteiger partial charge in [-0.2, -0.15) is 0 Å². The number of halogens is 1. The zero-order valence-electron chi connectivity index (χ0n) is 22.6. The Kier molecular flexibility index (Phi) is 9.14. The zero-order chi connectivity index (χ0) is 28.1. The van der Waals surface area contributed by atoms with Crippen molar-refractivity contribution in [3.05, 3.63) is 77.4 Å². The number of rotatable bonds is 13. The highest BCUT2D eigenvalue weighted by Crippen LogP contribution is 2.44. The molecule has 0 aliphatic heterocycles. The predicted octanol–water partition coefficient (Wildman–Crippen LogP) is 5.03. The Balaban J connectivity index is 1.66. The maximum atomic E-state index is 13.9. The van der Waals surface area contributed by atoms with Gasteiger partial charge in [0.25, 0.3) is 5.91 Å². The van der Waals surface area contributed by atoms with E-state index in [9.17, 15) is 19.1 Å². The number of nitrogens with zero attached hydrogens (tertiary/aromatic N) is 3. The molecule has 3 atom stereocenters. The second kappa shape index (κ2) is 12.5. The first-order valence-corrected chi connectivity index (χ1v) is 13.3. The van der Waals surface area contributed by atoms with Gasteiger partial charge in [0.15, 0.2) is 5.69 Å². The molecule has 0 bridgehead atoms. The van der Waals surface area contributed by atoms with E-state index in [0.29, 0.717) is 30.0 Å². The molecule has 1 aromatic heterocycles. The molecule has 8 nitrogen and oxygen atoms in total. The molecule has 39 heavy (non-hydrogen) atoms. The molecule has 1 saturated carbocycles. The van der Waals surface area contributed by atoms with Crippen molar-refractivity contribution < 1.29 is 28.9 Å². The van der Waals surface area contributed by atoms with Gasteiger partial charge in [-0.1, -0.05) is 30.3 Å². The molecular weight excluding hydrogens is 501 g/mol. The number of imidazole rings is 1. The number of benzene rings is 2. The van der Waals surface area contributed by atoms with Crippen molar-refractivity contribution in [2.75, 3.05) is 14.2 Å². The maximum Gasteiger partial charge on any atom is 0.305 e. The Labute approximate surface area is 228 Å². The molecule has 208 valence electrons. The maximum absolute atomic E-state index is 13.9. The molecule has 1 aliphatic rings. The lowest BCUT2D eigenvalue weighted by Gasteiger charge is -2.25. The van der Waals surface area contributed by atoms with Crippen LogP contribution in [0.5, 0.6) is 0 Å². The molecular formula is C30H36FN3O5. The van der Waals surface area contributed by atoms with Crippen molar-refractivity contribution in [2.24, 2.45) is 0 Å². The van der Waals surface area contributed by atoms with Crippen LogP contribution in [0.25, 0.3) is 11.4 Å². The number of aliphatic carboxylic acids is 1. The summed E-state index contributed by atoms with van der Waals surface area (Å²) in [5, 5.41) is 19.8. The van der Waals surface area contributed by atoms with Gasteiger partial charge >= 0.3 is 5.97 Å². The minimum Gasteiger partial charge on any atom is -0.481 e. The molecule has 3 aromatic rings. The molecule has 0 radical (unpaired) electrons. The van der Waals surface area contributed by atoms with Crippen molar-refractivity contribution >= 4 is 11.9 Å². The first-order valence-electron chi connectivity index (χ1n) is 13.3. The van der Waals surface area contributed by atoms with Gasteiger partial charge in [-0.15, -0.1) is 0 Å². The van der Waals surface area contributed by atoms with Crippen LogP contribution < -0.4 is 0 Å². The van der Waals surface area contributed by atoms with Crippen molar-refractivity contribution in [3.8, 4) is 11.4 Å². The fraction of sp³-hybridized carbons (Fsp3) is 0.433. The molecule has 1 aliphatic carbocycles. The Morgan fingerprint density at radius 2 is 1.82 bits per heavy atom. The number of amides is 1. The van der Waals surface area contributed by atoms with Crippen LogP contribution >= 0.6 is 0 Å². The molecule has 0 unspecified atom stereocenters. The fourth-order valence-electron chi connectivity index (χ4n) is 4.89. The zero-order valence-corrected chi connectivity index (χ0v) is 22.6. The second-order valence-electron chi connectivity index (χ2n) is 10.2. The average molecular weight is 538 g/mol. The van der Waals surface area contributed by atoms with E-state index in [4.69, 9.17) is 14.8 Å². The monoisotopic (exact) mass is 537 g/mol. The number of carboxylic acids is 1. The molecule has 2 aromatic carbocycles.